The van der Waals surface area contributed by atoms with Gasteiger partial charge in [-0.3, -0.25) is 9.20 Å². The molecule has 3 heterocycles. The van der Waals surface area contributed by atoms with Crippen molar-refractivity contribution in [3.63, 3.8) is 0 Å². The highest BCUT2D eigenvalue weighted by Gasteiger charge is 2.14. The predicted octanol–water partition coefficient (Wildman–Crippen LogP) is 3.37. The van der Waals surface area contributed by atoms with Crippen molar-refractivity contribution in [2.45, 2.75) is 6.42 Å². The molecule has 0 bridgehead atoms. The fourth-order valence-corrected chi connectivity index (χ4v) is 3.12. The Morgan fingerprint density at radius 1 is 1.19 bits per heavy atom. The summed E-state index contributed by atoms with van der Waals surface area (Å²) >= 11 is 1.46. The topological polar surface area (TPSA) is 47.3 Å². The van der Waals surface area contributed by atoms with E-state index in [1.54, 1.807) is 6.20 Å². The molecular formula is C16H11N3OS. The fourth-order valence-electron chi connectivity index (χ4n) is 2.46. The molecule has 0 unspecified atom stereocenters. The number of rotatable bonds is 3. The molecule has 0 spiro atoms. The minimum atomic E-state index is 0.0859. The maximum absolute atomic E-state index is 12.3. The van der Waals surface area contributed by atoms with Crippen molar-refractivity contribution >= 4 is 33.7 Å². The van der Waals surface area contributed by atoms with Gasteiger partial charge in [0.15, 0.2) is 5.78 Å². The Balaban J connectivity index is 1.87. The number of Topliss-reactive ketones (excluding diaryl/α,β-unsaturated/α-hetero) is 1. The average Bonchev–Trinajstić information content (AvgIpc) is 3.19. The number of para-hydroxylation sites is 1. The lowest BCUT2D eigenvalue weighted by Gasteiger charge is -2.06. The first kappa shape index (κ1) is 12.2. The molecule has 1 aromatic carbocycles. The van der Waals surface area contributed by atoms with Gasteiger partial charge in [-0.15, -0.1) is 11.3 Å². The molecule has 0 atom stereocenters. The molecule has 0 fully saturated rings. The number of fused-ring (bicyclic) bond motifs is 3. The summed E-state index contributed by atoms with van der Waals surface area (Å²) in [5.74, 6) is 0.808. The zero-order valence-corrected chi connectivity index (χ0v) is 11.9. The highest BCUT2D eigenvalue weighted by molar-refractivity contribution is 7.12. The maximum Gasteiger partial charge on any atom is 0.180 e. The minimum absolute atomic E-state index is 0.0859. The molecule has 5 heteroatoms. The number of hydrogen-bond donors (Lipinski definition) is 0. The van der Waals surface area contributed by atoms with Crippen molar-refractivity contribution in [2.24, 2.45) is 0 Å². The lowest BCUT2D eigenvalue weighted by molar-refractivity contribution is 0.0994. The van der Waals surface area contributed by atoms with Crippen LogP contribution in [-0.2, 0) is 6.42 Å². The molecule has 0 radical (unpaired) electrons. The highest BCUT2D eigenvalue weighted by atomic mass is 32.1. The Hall–Kier alpha value is -2.53. The van der Waals surface area contributed by atoms with Crippen molar-refractivity contribution in [1.82, 2.24) is 14.4 Å². The van der Waals surface area contributed by atoms with Gasteiger partial charge in [-0.2, -0.15) is 0 Å². The second kappa shape index (κ2) is 4.79. The van der Waals surface area contributed by atoms with Gasteiger partial charge in [-0.25, -0.2) is 9.97 Å². The molecule has 0 aliphatic heterocycles. The average molecular weight is 293 g/mol. The molecule has 4 aromatic rings. The lowest BCUT2D eigenvalue weighted by Crippen LogP contribution is -2.08. The van der Waals surface area contributed by atoms with Gasteiger partial charge in [0.1, 0.15) is 11.5 Å². The third kappa shape index (κ3) is 2.02. The second-order valence-corrected chi connectivity index (χ2v) is 5.69. The fraction of sp³-hybridized carbons (Fsp3) is 0.0625. The van der Waals surface area contributed by atoms with Crippen LogP contribution in [0.5, 0.6) is 0 Å². The monoisotopic (exact) mass is 293 g/mol. The number of benzene rings is 1. The summed E-state index contributed by atoms with van der Waals surface area (Å²) < 4.78 is 1.90. The van der Waals surface area contributed by atoms with E-state index in [4.69, 9.17) is 0 Å². The van der Waals surface area contributed by atoms with E-state index in [0.717, 1.165) is 27.3 Å². The predicted molar refractivity (Wildman–Crippen MR) is 82.8 cm³/mol. The molecule has 102 valence electrons. The molecule has 0 aliphatic rings. The van der Waals surface area contributed by atoms with Crippen LogP contribution in [0, 0.1) is 0 Å². The lowest BCUT2D eigenvalue weighted by atomic mass is 10.2. The van der Waals surface area contributed by atoms with E-state index < -0.39 is 0 Å². The van der Waals surface area contributed by atoms with E-state index in [0.29, 0.717) is 0 Å². The van der Waals surface area contributed by atoms with Crippen LogP contribution in [0.15, 0.2) is 54.2 Å². The van der Waals surface area contributed by atoms with E-state index in [2.05, 4.69) is 9.97 Å². The first-order valence-corrected chi connectivity index (χ1v) is 7.48. The third-order valence-electron chi connectivity index (χ3n) is 3.43. The Labute approximate surface area is 124 Å². The number of thiophene rings is 1. The number of hydrogen-bond acceptors (Lipinski definition) is 4. The first-order chi connectivity index (χ1) is 10.3. The van der Waals surface area contributed by atoms with Crippen LogP contribution in [-0.4, -0.2) is 20.2 Å². The molecule has 0 saturated heterocycles. The van der Waals surface area contributed by atoms with E-state index >= 15 is 0 Å². The first-order valence-electron chi connectivity index (χ1n) is 6.60. The zero-order chi connectivity index (χ0) is 14.2. The summed E-state index contributed by atoms with van der Waals surface area (Å²) in [6.45, 7) is 0. The number of ketones is 1. The van der Waals surface area contributed by atoms with Crippen molar-refractivity contribution < 1.29 is 4.79 Å². The summed E-state index contributed by atoms with van der Waals surface area (Å²) in [4.78, 5) is 22.1. The largest absolute Gasteiger partial charge is 0.293 e. The molecule has 4 nitrogen and oxygen atoms in total. The van der Waals surface area contributed by atoms with Crippen LogP contribution < -0.4 is 0 Å². The van der Waals surface area contributed by atoms with Crippen LogP contribution in [0.2, 0.25) is 0 Å². The summed E-state index contributed by atoms with van der Waals surface area (Å²) in [5, 5.41) is 2.91. The maximum atomic E-state index is 12.3. The van der Waals surface area contributed by atoms with Crippen LogP contribution in [0.4, 0.5) is 0 Å². The molecule has 0 amide bonds. The van der Waals surface area contributed by atoms with Gasteiger partial charge in [0, 0.05) is 17.8 Å². The number of aromatic nitrogens is 3. The normalized spacial score (nSPS) is 11.2. The minimum Gasteiger partial charge on any atom is -0.293 e. The van der Waals surface area contributed by atoms with Gasteiger partial charge in [0.2, 0.25) is 0 Å². The van der Waals surface area contributed by atoms with Gasteiger partial charge in [0.25, 0.3) is 0 Å². The van der Waals surface area contributed by atoms with Crippen LogP contribution in [0.3, 0.4) is 0 Å². The Morgan fingerprint density at radius 2 is 2.10 bits per heavy atom. The molecule has 4 rings (SSSR count). The van der Waals surface area contributed by atoms with Gasteiger partial charge < -0.3 is 0 Å². The van der Waals surface area contributed by atoms with Gasteiger partial charge in [0.05, 0.1) is 16.8 Å². The Kier molecular flexibility index (Phi) is 2.79. The Bertz CT molecular complexity index is 941. The third-order valence-corrected chi connectivity index (χ3v) is 4.34. The Morgan fingerprint density at radius 3 is 2.95 bits per heavy atom. The smallest absolute Gasteiger partial charge is 0.180 e. The van der Waals surface area contributed by atoms with E-state index in [1.807, 2.05) is 52.4 Å². The summed E-state index contributed by atoms with van der Waals surface area (Å²) in [7, 11) is 0. The van der Waals surface area contributed by atoms with Crippen molar-refractivity contribution in [3.05, 3.63) is 64.9 Å². The van der Waals surface area contributed by atoms with Gasteiger partial charge in [-0.05, 0) is 23.6 Å². The van der Waals surface area contributed by atoms with Crippen LogP contribution in [0.1, 0.15) is 15.5 Å². The van der Waals surface area contributed by atoms with Crippen molar-refractivity contribution in [3.8, 4) is 0 Å². The number of nitrogens with zero attached hydrogens (tertiary/aromatic N) is 3. The molecule has 0 aliphatic carbocycles. The van der Waals surface area contributed by atoms with E-state index in [9.17, 15) is 4.79 Å². The van der Waals surface area contributed by atoms with Gasteiger partial charge >= 0.3 is 0 Å². The molecular weight excluding hydrogens is 282 g/mol. The second-order valence-electron chi connectivity index (χ2n) is 4.74. The molecule has 0 N–H and O–H groups in total. The number of carbonyl (C=O) groups excluding carboxylic acids is 1. The zero-order valence-electron chi connectivity index (χ0n) is 11.1. The number of imidazole rings is 1. The van der Waals surface area contributed by atoms with Crippen molar-refractivity contribution in [2.75, 3.05) is 0 Å². The SMILES string of the molecule is O=C(Cc1nc2ccccc2c2nccn12)c1cccs1. The molecule has 3 aromatic heterocycles. The quantitative estimate of drug-likeness (QED) is 0.544. The summed E-state index contributed by atoms with van der Waals surface area (Å²) in [6, 6.07) is 11.6. The number of carbonyl (C=O) groups is 1. The summed E-state index contributed by atoms with van der Waals surface area (Å²) in [6.07, 6.45) is 3.87. The van der Waals surface area contributed by atoms with Crippen LogP contribution in [0.25, 0.3) is 16.6 Å². The van der Waals surface area contributed by atoms with E-state index in [-0.39, 0.29) is 12.2 Å². The van der Waals surface area contributed by atoms with Crippen molar-refractivity contribution in [1.29, 1.82) is 0 Å². The molecule has 21 heavy (non-hydrogen) atoms. The van der Waals surface area contributed by atoms with Gasteiger partial charge in [-0.1, -0.05) is 18.2 Å². The van der Waals surface area contributed by atoms with Crippen LogP contribution >= 0.6 is 11.3 Å². The standard InChI is InChI=1S/C16H11N3OS/c20-13(14-6-3-9-21-14)10-15-18-12-5-2-1-4-11(12)16-17-7-8-19(15)16/h1-9H,10H2. The van der Waals surface area contributed by atoms with E-state index in [1.165, 1.54) is 11.3 Å². The summed E-state index contributed by atoms with van der Waals surface area (Å²) in [5.41, 5.74) is 1.71. The highest BCUT2D eigenvalue weighted by Crippen LogP contribution is 2.20. The molecule has 0 saturated carbocycles.